The van der Waals surface area contributed by atoms with Crippen LogP contribution < -0.4 is 0 Å². The van der Waals surface area contributed by atoms with Crippen LogP contribution in [-0.2, 0) is 0 Å². The van der Waals surface area contributed by atoms with Crippen LogP contribution in [0.1, 0.15) is 72.1 Å². The molecule has 0 bridgehead atoms. The van der Waals surface area contributed by atoms with Gasteiger partial charge in [-0.15, -0.1) is 0 Å². The Balaban J connectivity index is 1.66. The molecule has 0 aromatic carbocycles. The maximum Gasteiger partial charge on any atom is 0.0724 e. The second kappa shape index (κ2) is 5.18. The summed E-state index contributed by atoms with van der Waals surface area (Å²) in [5.74, 6) is 3.04. The Bertz CT molecular complexity index is 552. The first-order valence-corrected chi connectivity index (χ1v) is 9.80. The lowest BCUT2D eigenvalue weighted by Gasteiger charge is -2.58. The van der Waals surface area contributed by atoms with Crippen LogP contribution in [0.15, 0.2) is 11.6 Å². The van der Waals surface area contributed by atoms with Gasteiger partial charge in [-0.1, -0.05) is 25.5 Å². The number of fused-ring (bicyclic) bond motifs is 5. The fourth-order valence-electron chi connectivity index (χ4n) is 7.42. The molecule has 23 heavy (non-hydrogen) atoms. The molecule has 0 saturated heterocycles. The molecule has 2 nitrogen and oxygen atoms in total. The van der Waals surface area contributed by atoms with E-state index in [0.29, 0.717) is 16.7 Å². The summed E-state index contributed by atoms with van der Waals surface area (Å²) in [7, 11) is 0. The molecule has 128 valence electrons. The van der Waals surface area contributed by atoms with Crippen molar-refractivity contribution in [1.82, 2.24) is 0 Å². The quantitative estimate of drug-likeness (QED) is 0.521. The van der Waals surface area contributed by atoms with Crippen LogP contribution >= 0.6 is 0 Å². The first kappa shape index (κ1) is 15.9. The average molecular weight is 316 g/mol. The van der Waals surface area contributed by atoms with Crippen molar-refractivity contribution < 1.29 is 5.11 Å². The van der Waals surface area contributed by atoms with Gasteiger partial charge in [-0.3, -0.25) is 0 Å². The van der Waals surface area contributed by atoms with E-state index in [1.165, 1.54) is 44.9 Å². The van der Waals surface area contributed by atoms with Gasteiger partial charge in [0.25, 0.3) is 0 Å². The Hall–Kier alpha value is -0.630. The van der Waals surface area contributed by atoms with Crippen LogP contribution in [-0.4, -0.2) is 16.9 Å². The van der Waals surface area contributed by atoms with E-state index >= 15 is 0 Å². The molecule has 0 spiro atoms. The summed E-state index contributed by atoms with van der Waals surface area (Å²) in [5.41, 5.74) is 3.23. The number of rotatable bonds is 1. The van der Waals surface area contributed by atoms with Crippen molar-refractivity contribution in [3.05, 3.63) is 11.6 Å². The molecule has 0 amide bonds. The number of aliphatic hydroxyl groups excluding tert-OH is 1. The van der Waals surface area contributed by atoms with E-state index in [9.17, 15) is 5.11 Å². The largest absolute Gasteiger partial charge is 0.389 e. The molecule has 2 N–H and O–H groups in total. The number of aliphatic hydroxyl groups is 1. The third-order valence-electron chi connectivity index (χ3n) is 8.61. The van der Waals surface area contributed by atoms with Crippen molar-refractivity contribution in [2.75, 3.05) is 0 Å². The molecule has 0 radical (unpaired) electrons. The molecule has 0 aromatic heterocycles. The van der Waals surface area contributed by atoms with Crippen molar-refractivity contribution in [3.8, 4) is 0 Å². The summed E-state index contributed by atoms with van der Waals surface area (Å²) in [5, 5.41) is 18.3. The van der Waals surface area contributed by atoms with Gasteiger partial charge < -0.3 is 10.5 Å². The van der Waals surface area contributed by atoms with Crippen molar-refractivity contribution in [1.29, 1.82) is 5.41 Å². The molecule has 0 aliphatic heterocycles. The van der Waals surface area contributed by atoms with Gasteiger partial charge in [0.15, 0.2) is 0 Å². The zero-order valence-electron chi connectivity index (χ0n) is 15.1. The summed E-state index contributed by atoms with van der Waals surface area (Å²) >= 11 is 0. The van der Waals surface area contributed by atoms with E-state index in [1.807, 2.05) is 6.92 Å². The highest BCUT2D eigenvalue weighted by Crippen LogP contribution is 2.66. The number of nitrogens with one attached hydrogen (secondary N) is 1. The van der Waals surface area contributed by atoms with Crippen LogP contribution in [0.2, 0.25) is 0 Å². The zero-order valence-corrected chi connectivity index (χ0v) is 15.1. The topological polar surface area (TPSA) is 44.1 Å². The van der Waals surface area contributed by atoms with Crippen molar-refractivity contribution in [3.63, 3.8) is 0 Å². The lowest BCUT2D eigenvalue weighted by Crippen LogP contribution is -2.51. The fraction of sp³-hybridized carbons (Fsp3) is 0.857. The van der Waals surface area contributed by atoms with Gasteiger partial charge in [-0.25, -0.2) is 0 Å². The number of allylic oxidation sites excluding steroid dienone is 1. The lowest BCUT2D eigenvalue weighted by atomic mass is 9.46. The van der Waals surface area contributed by atoms with E-state index in [1.54, 1.807) is 5.57 Å². The molecule has 4 aliphatic carbocycles. The molecular weight excluding hydrogens is 282 g/mol. The van der Waals surface area contributed by atoms with Crippen LogP contribution in [0.5, 0.6) is 0 Å². The third kappa shape index (κ3) is 2.13. The molecule has 4 rings (SSSR count). The Morgan fingerprint density at radius 1 is 1.09 bits per heavy atom. The monoisotopic (exact) mass is 315 g/mol. The van der Waals surface area contributed by atoms with Gasteiger partial charge in [-0.05, 0) is 86.9 Å². The molecule has 7 atom stereocenters. The smallest absolute Gasteiger partial charge is 0.0724 e. The summed E-state index contributed by atoms with van der Waals surface area (Å²) in [4.78, 5) is 0. The second-order valence-corrected chi connectivity index (χ2v) is 9.49. The summed E-state index contributed by atoms with van der Waals surface area (Å²) in [6, 6.07) is 0. The maximum atomic E-state index is 10.0. The van der Waals surface area contributed by atoms with Crippen LogP contribution in [0, 0.1) is 39.9 Å². The summed E-state index contributed by atoms with van der Waals surface area (Å²) in [6.45, 7) is 7.04. The molecule has 0 aromatic rings. The maximum absolute atomic E-state index is 10.0. The number of hydrogen-bond donors (Lipinski definition) is 2. The average Bonchev–Trinajstić information content (AvgIpc) is 2.85. The van der Waals surface area contributed by atoms with Gasteiger partial charge in [-0.2, -0.15) is 0 Å². The highest BCUT2D eigenvalue weighted by atomic mass is 16.3. The lowest BCUT2D eigenvalue weighted by molar-refractivity contribution is -0.0477. The SMILES string of the molecule is CC(=N)C1CCC2C3CCC4=CC(O)CCC4(C)C3CCC12C. The van der Waals surface area contributed by atoms with Crippen molar-refractivity contribution in [2.45, 2.75) is 78.2 Å². The molecule has 3 fully saturated rings. The normalized spacial score (nSPS) is 52.2. The van der Waals surface area contributed by atoms with Crippen molar-refractivity contribution >= 4 is 5.71 Å². The summed E-state index contributed by atoms with van der Waals surface area (Å²) in [6.07, 6.45) is 11.9. The Morgan fingerprint density at radius 3 is 2.61 bits per heavy atom. The van der Waals surface area contributed by atoms with E-state index < -0.39 is 0 Å². The second-order valence-electron chi connectivity index (χ2n) is 9.49. The van der Waals surface area contributed by atoms with Gasteiger partial charge in [0.1, 0.15) is 0 Å². The Labute approximate surface area is 141 Å². The standard InChI is InChI=1S/C21H33NO/c1-13(22)17-6-7-18-16-5-4-14-12-15(23)8-10-20(14,2)19(16)9-11-21(17,18)3/h12,15-19,22-23H,4-11H2,1-3H3. The van der Waals surface area contributed by atoms with Crippen LogP contribution in [0.25, 0.3) is 0 Å². The highest BCUT2D eigenvalue weighted by Gasteiger charge is 2.59. The van der Waals surface area contributed by atoms with Gasteiger partial charge in [0.05, 0.1) is 6.10 Å². The highest BCUT2D eigenvalue weighted by molar-refractivity contribution is 5.82. The number of hydrogen-bond acceptors (Lipinski definition) is 2. The van der Waals surface area contributed by atoms with E-state index in [4.69, 9.17) is 5.41 Å². The predicted octanol–water partition coefficient (Wildman–Crippen LogP) is 4.97. The first-order chi connectivity index (χ1) is 10.9. The van der Waals surface area contributed by atoms with Crippen LogP contribution in [0.4, 0.5) is 0 Å². The molecule has 7 unspecified atom stereocenters. The molecular formula is C21H33NO. The van der Waals surface area contributed by atoms with E-state index in [-0.39, 0.29) is 6.10 Å². The molecule has 2 heteroatoms. The first-order valence-electron chi connectivity index (χ1n) is 9.80. The third-order valence-corrected chi connectivity index (χ3v) is 8.61. The minimum absolute atomic E-state index is 0.195. The summed E-state index contributed by atoms with van der Waals surface area (Å²) < 4.78 is 0. The minimum Gasteiger partial charge on any atom is -0.389 e. The van der Waals surface area contributed by atoms with Crippen LogP contribution in [0.3, 0.4) is 0 Å². The van der Waals surface area contributed by atoms with Gasteiger partial charge in [0.2, 0.25) is 0 Å². The molecule has 0 heterocycles. The van der Waals surface area contributed by atoms with Crippen molar-refractivity contribution in [2.24, 2.45) is 34.5 Å². The Kier molecular flexibility index (Phi) is 3.58. The fourth-order valence-corrected chi connectivity index (χ4v) is 7.42. The van der Waals surface area contributed by atoms with E-state index in [2.05, 4.69) is 19.9 Å². The molecule has 3 saturated carbocycles. The minimum atomic E-state index is -0.195. The van der Waals surface area contributed by atoms with Gasteiger partial charge in [0, 0.05) is 11.6 Å². The molecule has 4 aliphatic rings. The predicted molar refractivity (Wildman–Crippen MR) is 94.6 cm³/mol. The van der Waals surface area contributed by atoms with Gasteiger partial charge >= 0.3 is 0 Å². The zero-order chi connectivity index (χ0) is 16.4. The van der Waals surface area contributed by atoms with E-state index in [0.717, 1.165) is 29.9 Å². The Morgan fingerprint density at radius 2 is 1.87 bits per heavy atom.